The molecule has 0 aromatic rings. The fraction of sp³-hybridized carbons (Fsp3) is 1.00. The van der Waals surface area contributed by atoms with Gasteiger partial charge in [-0.15, -0.1) is 0 Å². The van der Waals surface area contributed by atoms with Crippen LogP contribution >= 0.6 is 0 Å². The Bertz CT molecular complexity index is 172. The summed E-state index contributed by atoms with van der Waals surface area (Å²) >= 11 is 0. The summed E-state index contributed by atoms with van der Waals surface area (Å²) in [5, 5.41) is 3.37. The first kappa shape index (κ1) is 11.4. The number of piperazine rings is 1. The summed E-state index contributed by atoms with van der Waals surface area (Å²) in [6.07, 6.45) is 8.67. The van der Waals surface area contributed by atoms with E-state index < -0.39 is 0 Å². The number of nitrogens with two attached hydrogens (primary N) is 1. The van der Waals surface area contributed by atoms with E-state index in [4.69, 9.17) is 5.73 Å². The molecule has 3 nitrogen and oxygen atoms in total. The van der Waals surface area contributed by atoms with Crippen molar-refractivity contribution in [2.24, 2.45) is 11.7 Å². The molecule has 3 N–H and O–H groups in total. The molecular formula is C12H25N3. The largest absolute Gasteiger partial charge is 0.316 e. The van der Waals surface area contributed by atoms with Gasteiger partial charge in [-0.1, -0.05) is 25.7 Å². The highest BCUT2D eigenvalue weighted by Crippen LogP contribution is 2.28. The molecule has 15 heavy (non-hydrogen) atoms. The van der Waals surface area contributed by atoms with Gasteiger partial charge >= 0.3 is 0 Å². The quantitative estimate of drug-likeness (QED) is 0.733. The highest BCUT2D eigenvalue weighted by molar-refractivity contribution is 4.75. The van der Waals surface area contributed by atoms with Gasteiger partial charge in [0.1, 0.15) is 0 Å². The third kappa shape index (κ3) is 3.44. The van der Waals surface area contributed by atoms with Gasteiger partial charge in [0, 0.05) is 26.2 Å². The maximum absolute atomic E-state index is 6.22. The van der Waals surface area contributed by atoms with Gasteiger partial charge in [0.15, 0.2) is 0 Å². The maximum Gasteiger partial charge on any atom is 0.0572 e. The zero-order valence-electron chi connectivity index (χ0n) is 9.75. The van der Waals surface area contributed by atoms with Crippen LogP contribution in [0.2, 0.25) is 0 Å². The minimum absolute atomic E-state index is 0.313. The molecular weight excluding hydrogens is 186 g/mol. The van der Waals surface area contributed by atoms with Crippen LogP contribution in [-0.4, -0.2) is 37.2 Å². The zero-order valence-corrected chi connectivity index (χ0v) is 9.75. The lowest BCUT2D eigenvalue weighted by Gasteiger charge is -2.33. The zero-order chi connectivity index (χ0) is 10.5. The van der Waals surface area contributed by atoms with E-state index in [2.05, 4.69) is 10.2 Å². The molecule has 0 amide bonds. The number of rotatable bonds is 4. The summed E-state index contributed by atoms with van der Waals surface area (Å²) in [6, 6.07) is 0. The first-order valence-electron chi connectivity index (χ1n) is 6.56. The fourth-order valence-electron chi connectivity index (χ4n) is 2.90. The number of nitrogens with zero attached hydrogens (tertiary/aromatic N) is 1. The molecule has 0 radical (unpaired) electrons. The lowest BCUT2D eigenvalue weighted by atomic mass is 10.0. The van der Waals surface area contributed by atoms with Crippen molar-refractivity contribution in [3.05, 3.63) is 0 Å². The molecule has 1 saturated heterocycles. The summed E-state index contributed by atoms with van der Waals surface area (Å²) in [6.45, 7) is 4.48. The molecule has 1 aliphatic heterocycles. The highest BCUT2D eigenvalue weighted by atomic mass is 15.3. The van der Waals surface area contributed by atoms with Crippen LogP contribution in [0.3, 0.4) is 0 Å². The lowest BCUT2D eigenvalue weighted by molar-refractivity contribution is 0.161. The van der Waals surface area contributed by atoms with E-state index in [1.807, 2.05) is 0 Å². The smallest absolute Gasteiger partial charge is 0.0572 e. The van der Waals surface area contributed by atoms with Gasteiger partial charge in [0.05, 0.1) is 6.17 Å². The second-order valence-electron chi connectivity index (χ2n) is 5.08. The summed E-state index contributed by atoms with van der Waals surface area (Å²) in [7, 11) is 0. The maximum atomic E-state index is 6.22. The van der Waals surface area contributed by atoms with Gasteiger partial charge in [-0.3, -0.25) is 4.90 Å². The Morgan fingerprint density at radius 3 is 2.53 bits per heavy atom. The predicted octanol–water partition coefficient (Wildman–Crippen LogP) is 1.15. The molecule has 0 aromatic carbocycles. The minimum Gasteiger partial charge on any atom is -0.316 e. The third-order valence-corrected chi connectivity index (χ3v) is 3.97. The second-order valence-corrected chi connectivity index (χ2v) is 5.08. The van der Waals surface area contributed by atoms with Crippen LogP contribution in [0.25, 0.3) is 0 Å². The molecule has 2 fully saturated rings. The average Bonchev–Trinajstić information content (AvgIpc) is 2.80. The molecule has 3 heteroatoms. The van der Waals surface area contributed by atoms with Crippen LogP contribution in [0.1, 0.15) is 38.5 Å². The summed E-state index contributed by atoms with van der Waals surface area (Å²) in [5.74, 6) is 0.985. The average molecular weight is 211 g/mol. The van der Waals surface area contributed by atoms with E-state index in [0.717, 1.165) is 32.1 Å². The first-order valence-corrected chi connectivity index (χ1v) is 6.56. The molecule has 0 bridgehead atoms. The van der Waals surface area contributed by atoms with Gasteiger partial charge in [0.25, 0.3) is 0 Å². The SMILES string of the molecule is NC(CCC1CCCC1)N1CCNCC1. The molecule has 1 aliphatic carbocycles. The summed E-state index contributed by atoms with van der Waals surface area (Å²) < 4.78 is 0. The number of nitrogens with one attached hydrogen (secondary N) is 1. The summed E-state index contributed by atoms with van der Waals surface area (Å²) in [5.41, 5.74) is 6.22. The van der Waals surface area contributed by atoms with Gasteiger partial charge < -0.3 is 11.1 Å². The van der Waals surface area contributed by atoms with E-state index in [0.29, 0.717) is 6.17 Å². The van der Waals surface area contributed by atoms with Crippen molar-refractivity contribution >= 4 is 0 Å². The van der Waals surface area contributed by atoms with Crippen LogP contribution in [0.4, 0.5) is 0 Å². The Balaban J connectivity index is 1.64. The molecule has 1 unspecified atom stereocenters. The van der Waals surface area contributed by atoms with Gasteiger partial charge in [-0.2, -0.15) is 0 Å². The van der Waals surface area contributed by atoms with Gasteiger partial charge in [0.2, 0.25) is 0 Å². The van der Waals surface area contributed by atoms with Crippen LogP contribution in [-0.2, 0) is 0 Å². The van der Waals surface area contributed by atoms with Crippen molar-refractivity contribution in [2.45, 2.75) is 44.7 Å². The van der Waals surface area contributed by atoms with Crippen molar-refractivity contribution in [3.63, 3.8) is 0 Å². The van der Waals surface area contributed by atoms with E-state index >= 15 is 0 Å². The van der Waals surface area contributed by atoms with Gasteiger partial charge in [-0.05, 0) is 18.8 Å². The Morgan fingerprint density at radius 1 is 1.20 bits per heavy atom. The summed E-state index contributed by atoms with van der Waals surface area (Å²) in [4.78, 5) is 2.44. The number of hydrogen-bond acceptors (Lipinski definition) is 3. The molecule has 2 aliphatic rings. The van der Waals surface area contributed by atoms with Crippen LogP contribution in [0.15, 0.2) is 0 Å². The minimum atomic E-state index is 0.313. The lowest BCUT2D eigenvalue weighted by Crippen LogP contribution is -2.51. The Morgan fingerprint density at radius 2 is 1.87 bits per heavy atom. The molecule has 1 heterocycles. The third-order valence-electron chi connectivity index (χ3n) is 3.97. The predicted molar refractivity (Wildman–Crippen MR) is 63.6 cm³/mol. The van der Waals surface area contributed by atoms with Crippen LogP contribution in [0, 0.1) is 5.92 Å². The first-order chi connectivity index (χ1) is 7.36. The molecule has 0 aromatic heterocycles. The van der Waals surface area contributed by atoms with Crippen molar-refractivity contribution in [1.82, 2.24) is 10.2 Å². The Hall–Kier alpha value is -0.120. The van der Waals surface area contributed by atoms with Crippen molar-refractivity contribution < 1.29 is 0 Å². The standard InChI is InChI=1S/C12H25N3/c13-12(15-9-7-14-8-10-15)6-5-11-3-1-2-4-11/h11-12,14H,1-10,13H2. The van der Waals surface area contributed by atoms with Crippen molar-refractivity contribution in [1.29, 1.82) is 0 Å². The highest BCUT2D eigenvalue weighted by Gasteiger charge is 2.20. The fourth-order valence-corrected chi connectivity index (χ4v) is 2.90. The molecule has 88 valence electrons. The molecule has 1 atom stereocenters. The number of hydrogen-bond donors (Lipinski definition) is 2. The van der Waals surface area contributed by atoms with Crippen molar-refractivity contribution in [3.8, 4) is 0 Å². The van der Waals surface area contributed by atoms with Gasteiger partial charge in [-0.25, -0.2) is 0 Å². The van der Waals surface area contributed by atoms with Crippen molar-refractivity contribution in [2.75, 3.05) is 26.2 Å². The molecule has 0 spiro atoms. The normalized spacial score (nSPS) is 27.0. The molecule has 1 saturated carbocycles. The van der Waals surface area contributed by atoms with Crippen LogP contribution < -0.4 is 11.1 Å². The van der Waals surface area contributed by atoms with E-state index in [1.54, 1.807) is 0 Å². The Labute approximate surface area is 93.4 Å². The topological polar surface area (TPSA) is 41.3 Å². The van der Waals surface area contributed by atoms with E-state index in [-0.39, 0.29) is 0 Å². The van der Waals surface area contributed by atoms with E-state index in [9.17, 15) is 0 Å². The van der Waals surface area contributed by atoms with Crippen LogP contribution in [0.5, 0.6) is 0 Å². The Kier molecular flexibility index (Phi) is 4.42. The monoisotopic (exact) mass is 211 g/mol. The second kappa shape index (κ2) is 5.83. The van der Waals surface area contributed by atoms with E-state index in [1.165, 1.54) is 38.5 Å². The molecule has 2 rings (SSSR count).